The molecule has 7 heteroatoms. The third-order valence-electron chi connectivity index (χ3n) is 7.01. The highest BCUT2D eigenvalue weighted by molar-refractivity contribution is 6.24. The van der Waals surface area contributed by atoms with E-state index >= 15 is 0 Å². The van der Waals surface area contributed by atoms with Gasteiger partial charge in [-0.15, -0.1) is 0 Å². The second-order valence-corrected chi connectivity index (χ2v) is 9.57. The van der Waals surface area contributed by atoms with Crippen LogP contribution in [-0.4, -0.2) is 42.7 Å². The predicted molar refractivity (Wildman–Crippen MR) is 142 cm³/mol. The maximum Gasteiger partial charge on any atom is 0.305 e. The van der Waals surface area contributed by atoms with Crippen molar-refractivity contribution in [2.45, 2.75) is 38.1 Å². The first-order valence-electron chi connectivity index (χ1n) is 12.7. The molecule has 1 saturated heterocycles. The number of carbonyl (C=O) groups is 2. The number of amides is 1. The van der Waals surface area contributed by atoms with Crippen LogP contribution in [0.3, 0.4) is 0 Å². The van der Waals surface area contributed by atoms with E-state index < -0.39 is 11.7 Å². The lowest BCUT2D eigenvalue weighted by Crippen LogP contribution is -2.22. The molecule has 1 atom stereocenters. The van der Waals surface area contributed by atoms with Gasteiger partial charge in [0.2, 0.25) is 5.91 Å². The minimum atomic E-state index is -0.666. The first kappa shape index (κ1) is 24.8. The Labute approximate surface area is 216 Å². The average molecular weight is 500 g/mol. The summed E-state index contributed by atoms with van der Waals surface area (Å²) in [6.45, 7) is 3.20. The molecule has 1 amide bonds. The van der Waals surface area contributed by atoms with Gasteiger partial charge in [0.1, 0.15) is 11.7 Å². The van der Waals surface area contributed by atoms with Crippen molar-refractivity contribution in [3.63, 3.8) is 0 Å². The largest absolute Gasteiger partial charge is 0.469 e. The zero-order valence-corrected chi connectivity index (χ0v) is 20.9. The second-order valence-electron chi connectivity index (χ2n) is 9.57. The van der Waals surface area contributed by atoms with E-state index in [4.69, 9.17) is 9.73 Å². The van der Waals surface area contributed by atoms with Crippen molar-refractivity contribution in [1.82, 2.24) is 4.90 Å². The smallest absolute Gasteiger partial charge is 0.305 e. The highest BCUT2D eigenvalue weighted by atomic mass is 19.1. The number of rotatable bonds is 8. The molecule has 3 aromatic carbocycles. The Bertz CT molecular complexity index is 1310. The van der Waals surface area contributed by atoms with E-state index in [0.29, 0.717) is 29.8 Å². The summed E-state index contributed by atoms with van der Waals surface area (Å²) in [5, 5.41) is 2.81. The van der Waals surface area contributed by atoms with Crippen LogP contribution in [0.2, 0.25) is 0 Å². The summed E-state index contributed by atoms with van der Waals surface area (Å²) in [5.41, 5.74) is 5.52. The molecule has 0 spiro atoms. The van der Waals surface area contributed by atoms with Crippen LogP contribution in [0.1, 0.15) is 47.4 Å². The Kier molecular flexibility index (Phi) is 7.42. The van der Waals surface area contributed by atoms with E-state index in [2.05, 4.69) is 22.3 Å². The molecule has 5 rings (SSSR count). The highest BCUT2D eigenvalue weighted by Crippen LogP contribution is 2.37. The summed E-state index contributed by atoms with van der Waals surface area (Å²) in [4.78, 5) is 32.0. The first-order chi connectivity index (χ1) is 18.0. The van der Waals surface area contributed by atoms with Gasteiger partial charge in [-0.25, -0.2) is 4.39 Å². The van der Waals surface area contributed by atoms with Gasteiger partial charge in [-0.05, 0) is 78.9 Å². The number of nitrogens with zero attached hydrogens (tertiary/aromatic N) is 2. The molecule has 0 aromatic heterocycles. The molecule has 0 radical (unpaired) electrons. The molecule has 0 aliphatic carbocycles. The maximum atomic E-state index is 13.9. The number of fused-ring (bicyclic) bond motifs is 1. The third-order valence-corrected chi connectivity index (χ3v) is 7.01. The van der Waals surface area contributed by atoms with Gasteiger partial charge in [-0.3, -0.25) is 19.5 Å². The molecule has 2 aliphatic heterocycles. The van der Waals surface area contributed by atoms with Crippen LogP contribution in [-0.2, 0) is 27.3 Å². The fourth-order valence-electron chi connectivity index (χ4n) is 5.01. The Morgan fingerprint density at radius 3 is 2.43 bits per heavy atom. The first-order valence-corrected chi connectivity index (χ1v) is 12.7. The number of hydrogen-bond acceptors (Lipinski definition) is 5. The lowest BCUT2D eigenvalue weighted by Gasteiger charge is -2.16. The molecule has 2 heterocycles. The second kappa shape index (κ2) is 11.0. The number of anilines is 1. The van der Waals surface area contributed by atoms with Gasteiger partial charge in [0.15, 0.2) is 0 Å². The molecule has 0 saturated carbocycles. The van der Waals surface area contributed by atoms with Crippen molar-refractivity contribution in [2.75, 3.05) is 25.5 Å². The van der Waals surface area contributed by atoms with E-state index in [1.165, 1.54) is 37.6 Å². The molecular formula is C30H30FN3O3. The van der Waals surface area contributed by atoms with E-state index in [-0.39, 0.29) is 11.9 Å². The van der Waals surface area contributed by atoms with Crippen LogP contribution in [0.4, 0.5) is 15.8 Å². The van der Waals surface area contributed by atoms with Crippen molar-refractivity contribution in [1.29, 1.82) is 0 Å². The summed E-state index contributed by atoms with van der Waals surface area (Å²) in [5.74, 6) is -1.56. The zero-order chi connectivity index (χ0) is 25.8. The molecule has 2 aliphatic rings. The molecule has 1 unspecified atom stereocenters. The van der Waals surface area contributed by atoms with E-state index in [1.54, 1.807) is 6.07 Å². The van der Waals surface area contributed by atoms with Gasteiger partial charge in [0.05, 0.1) is 18.5 Å². The fourth-order valence-corrected chi connectivity index (χ4v) is 5.01. The number of aryl methyl sites for hydroxylation is 1. The summed E-state index contributed by atoms with van der Waals surface area (Å²) < 4.78 is 18.6. The Morgan fingerprint density at radius 1 is 1.03 bits per heavy atom. The van der Waals surface area contributed by atoms with Crippen LogP contribution in [0, 0.1) is 5.82 Å². The van der Waals surface area contributed by atoms with Crippen molar-refractivity contribution in [2.24, 2.45) is 4.99 Å². The van der Waals surface area contributed by atoms with Gasteiger partial charge in [-0.2, -0.15) is 0 Å². The number of esters is 1. The van der Waals surface area contributed by atoms with Gasteiger partial charge in [0, 0.05) is 18.7 Å². The standard InChI is InChI=1S/C30H30FN3O3/c1-37-27(35)15-8-20-4-9-22(10-5-20)29(28-25-14-11-23(31)18-26(25)33-30(28)36)32-24-12-6-21(7-13-24)19-34-16-2-3-17-34/h4-7,9-14,18,28H,2-3,8,15-17,19H2,1H3,(H,33,36). The molecule has 0 bridgehead atoms. The van der Waals surface area contributed by atoms with Crippen LogP contribution in [0.5, 0.6) is 0 Å². The Balaban J connectivity index is 1.46. The Hall–Kier alpha value is -3.84. The van der Waals surface area contributed by atoms with Gasteiger partial charge < -0.3 is 10.1 Å². The number of ether oxygens (including phenoxy) is 1. The van der Waals surface area contributed by atoms with Gasteiger partial charge >= 0.3 is 5.97 Å². The van der Waals surface area contributed by atoms with Crippen LogP contribution < -0.4 is 5.32 Å². The van der Waals surface area contributed by atoms with E-state index in [9.17, 15) is 14.0 Å². The Morgan fingerprint density at radius 2 is 1.73 bits per heavy atom. The highest BCUT2D eigenvalue weighted by Gasteiger charge is 2.35. The number of methoxy groups -OCH3 is 1. The molecule has 37 heavy (non-hydrogen) atoms. The molecule has 190 valence electrons. The summed E-state index contributed by atoms with van der Waals surface area (Å²) >= 11 is 0. The average Bonchev–Trinajstić information content (AvgIpc) is 3.53. The zero-order valence-electron chi connectivity index (χ0n) is 20.9. The van der Waals surface area contributed by atoms with E-state index in [1.807, 2.05) is 36.4 Å². The molecular weight excluding hydrogens is 469 g/mol. The number of hydrogen-bond donors (Lipinski definition) is 1. The maximum absolute atomic E-state index is 13.9. The lowest BCUT2D eigenvalue weighted by atomic mass is 9.90. The molecule has 1 N–H and O–H groups in total. The van der Waals surface area contributed by atoms with Crippen LogP contribution >= 0.6 is 0 Å². The number of aliphatic imine (C=N–C) groups is 1. The summed E-state index contributed by atoms with van der Waals surface area (Å²) in [6, 6.07) is 20.2. The molecule has 1 fully saturated rings. The van der Waals surface area contributed by atoms with Crippen LogP contribution in [0.25, 0.3) is 0 Å². The van der Waals surface area contributed by atoms with Crippen molar-refractivity contribution >= 4 is 29.0 Å². The third kappa shape index (κ3) is 5.78. The minimum Gasteiger partial charge on any atom is -0.469 e. The number of carbonyl (C=O) groups excluding carboxylic acids is 2. The number of benzene rings is 3. The monoisotopic (exact) mass is 499 g/mol. The number of nitrogens with one attached hydrogen (secondary N) is 1. The van der Waals surface area contributed by atoms with Crippen LogP contribution in [0.15, 0.2) is 71.7 Å². The number of halogens is 1. The predicted octanol–water partition coefficient (Wildman–Crippen LogP) is 5.38. The summed E-state index contributed by atoms with van der Waals surface area (Å²) in [6.07, 6.45) is 3.36. The normalized spacial score (nSPS) is 17.5. The van der Waals surface area contributed by atoms with Crippen molar-refractivity contribution < 1.29 is 18.7 Å². The van der Waals surface area contributed by atoms with Gasteiger partial charge in [-0.1, -0.05) is 42.5 Å². The summed E-state index contributed by atoms with van der Waals surface area (Å²) in [7, 11) is 1.38. The number of likely N-dealkylation sites (tertiary alicyclic amines) is 1. The topological polar surface area (TPSA) is 71.0 Å². The SMILES string of the molecule is COC(=O)CCc1ccc(C(=Nc2ccc(CN3CCCC3)cc2)C2C(=O)Nc3cc(F)ccc32)cc1. The fraction of sp³-hybridized carbons (Fsp3) is 0.300. The van der Waals surface area contributed by atoms with Crippen molar-refractivity contribution in [3.8, 4) is 0 Å². The van der Waals surface area contributed by atoms with E-state index in [0.717, 1.165) is 36.4 Å². The molecule has 6 nitrogen and oxygen atoms in total. The van der Waals surface area contributed by atoms with Crippen molar-refractivity contribution in [3.05, 3.63) is 94.8 Å². The minimum absolute atomic E-state index is 0.236. The lowest BCUT2D eigenvalue weighted by molar-refractivity contribution is -0.140. The van der Waals surface area contributed by atoms with Gasteiger partial charge in [0.25, 0.3) is 0 Å². The molecule has 3 aromatic rings. The quantitative estimate of drug-likeness (QED) is 0.334.